The van der Waals surface area contributed by atoms with Gasteiger partial charge >= 0.3 is 6.61 Å². The first-order valence-corrected chi connectivity index (χ1v) is 6.39. The maximum absolute atomic E-state index is 12.0. The quantitative estimate of drug-likeness (QED) is 0.883. The Morgan fingerprint density at radius 3 is 2.55 bits per heavy atom. The number of rotatable bonds is 6. The third-order valence-electron chi connectivity index (χ3n) is 2.94. The summed E-state index contributed by atoms with van der Waals surface area (Å²) in [7, 11) is 1.90. The molecule has 108 valence electrons. The molecule has 1 N–H and O–H groups in total. The molecule has 20 heavy (non-hydrogen) atoms. The van der Waals surface area contributed by atoms with E-state index in [-0.39, 0.29) is 5.75 Å². The van der Waals surface area contributed by atoms with E-state index in [1.165, 1.54) is 12.1 Å². The van der Waals surface area contributed by atoms with Gasteiger partial charge in [0, 0.05) is 12.7 Å². The minimum atomic E-state index is -2.80. The first-order chi connectivity index (χ1) is 9.58. The predicted octanol–water partition coefficient (Wildman–Crippen LogP) is 3.20. The van der Waals surface area contributed by atoms with Gasteiger partial charge in [-0.25, -0.2) is 0 Å². The minimum Gasteiger partial charge on any atom is -0.435 e. The van der Waals surface area contributed by atoms with Crippen molar-refractivity contribution in [2.24, 2.45) is 7.05 Å². The van der Waals surface area contributed by atoms with Crippen LogP contribution in [0, 0.1) is 0 Å². The summed E-state index contributed by atoms with van der Waals surface area (Å²) >= 11 is 0. The molecule has 0 aliphatic carbocycles. The summed E-state index contributed by atoms with van der Waals surface area (Å²) in [5.74, 6) is 0.152. The number of nitrogens with one attached hydrogen (secondary N) is 1. The van der Waals surface area contributed by atoms with E-state index in [1.54, 1.807) is 12.1 Å². The van der Waals surface area contributed by atoms with Crippen molar-refractivity contribution in [3.05, 3.63) is 41.7 Å². The molecule has 0 amide bonds. The Hall–Kier alpha value is -2.11. The van der Waals surface area contributed by atoms with Gasteiger partial charge in [0.05, 0.1) is 17.9 Å². The summed E-state index contributed by atoms with van der Waals surface area (Å²) in [6.07, 6.45) is 0.896. The highest BCUT2D eigenvalue weighted by atomic mass is 19.3. The fourth-order valence-electron chi connectivity index (χ4n) is 1.86. The minimum absolute atomic E-state index is 0.152. The largest absolute Gasteiger partial charge is 0.435 e. The summed E-state index contributed by atoms with van der Waals surface area (Å²) in [6, 6.07) is 8.47. The van der Waals surface area contributed by atoms with Crippen LogP contribution in [0.1, 0.15) is 18.3 Å². The van der Waals surface area contributed by atoms with Crippen LogP contribution in [0.4, 0.5) is 14.5 Å². The van der Waals surface area contributed by atoms with Gasteiger partial charge in [0.15, 0.2) is 0 Å². The van der Waals surface area contributed by atoms with Crippen LogP contribution in [0.3, 0.4) is 0 Å². The summed E-state index contributed by atoms with van der Waals surface area (Å²) in [4.78, 5) is 0. The average Bonchev–Trinajstić information content (AvgIpc) is 2.78. The zero-order valence-corrected chi connectivity index (χ0v) is 11.4. The topological polar surface area (TPSA) is 39.1 Å². The number of anilines is 1. The van der Waals surface area contributed by atoms with Crippen molar-refractivity contribution >= 4 is 5.69 Å². The summed E-state index contributed by atoms with van der Waals surface area (Å²) in [5, 5.41) is 7.58. The van der Waals surface area contributed by atoms with Crippen molar-refractivity contribution in [2.75, 3.05) is 5.32 Å². The van der Waals surface area contributed by atoms with Crippen LogP contribution >= 0.6 is 0 Å². The standard InChI is InChI=1S/C14H17F2N3O/c1-3-10-8-12(19(2)18-10)9-17-11-4-6-13(7-5-11)20-14(15)16/h4-8,14,17H,3,9H2,1-2H3. The van der Waals surface area contributed by atoms with Crippen LogP contribution in [-0.2, 0) is 20.0 Å². The van der Waals surface area contributed by atoms with E-state index in [4.69, 9.17) is 0 Å². The Morgan fingerprint density at radius 1 is 1.30 bits per heavy atom. The van der Waals surface area contributed by atoms with E-state index in [0.717, 1.165) is 23.5 Å². The smallest absolute Gasteiger partial charge is 0.387 e. The summed E-state index contributed by atoms with van der Waals surface area (Å²) in [6.45, 7) is -0.115. The molecular weight excluding hydrogens is 264 g/mol. The molecule has 0 aliphatic rings. The molecule has 0 spiro atoms. The van der Waals surface area contributed by atoms with Crippen LogP contribution in [0.15, 0.2) is 30.3 Å². The lowest BCUT2D eigenvalue weighted by Gasteiger charge is -2.08. The number of alkyl halides is 2. The molecule has 0 atom stereocenters. The van der Waals surface area contributed by atoms with E-state index < -0.39 is 6.61 Å². The van der Waals surface area contributed by atoms with Gasteiger partial charge in [-0.15, -0.1) is 0 Å². The van der Waals surface area contributed by atoms with Gasteiger partial charge in [0.25, 0.3) is 0 Å². The fourth-order valence-corrected chi connectivity index (χ4v) is 1.86. The summed E-state index contributed by atoms with van der Waals surface area (Å²) in [5.41, 5.74) is 2.95. The van der Waals surface area contributed by atoms with Gasteiger partial charge in [-0.1, -0.05) is 6.92 Å². The lowest BCUT2D eigenvalue weighted by molar-refractivity contribution is -0.0498. The molecule has 0 fully saturated rings. The number of benzene rings is 1. The average molecular weight is 281 g/mol. The van der Waals surface area contributed by atoms with Crippen LogP contribution in [0.2, 0.25) is 0 Å². The summed E-state index contributed by atoms with van der Waals surface area (Å²) < 4.78 is 30.2. The molecule has 4 nitrogen and oxygen atoms in total. The van der Waals surface area contributed by atoms with Crippen LogP contribution in [0.25, 0.3) is 0 Å². The fraction of sp³-hybridized carbons (Fsp3) is 0.357. The Balaban J connectivity index is 1.94. The monoisotopic (exact) mass is 281 g/mol. The molecule has 2 aromatic rings. The molecule has 1 heterocycles. The number of aryl methyl sites for hydroxylation is 2. The zero-order chi connectivity index (χ0) is 14.5. The molecule has 0 saturated heterocycles. The second kappa shape index (κ2) is 6.36. The lowest BCUT2D eigenvalue weighted by atomic mass is 10.2. The maximum atomic E-state index is 12.0. The molecule has 0 aliphatic heterocycles. The van der Waals surface area contributed by atoms with Gasteiger partial charge in [0.2, 0.25) is 0 Å². The molecule has 2 rings (SSSR count). The molecule has 0 unspecified atom stereocenters. The van der Waals surface area contributed by atoms with Crippen molar-refractivity contribution in [3.8, 4) is 5.75 Å². The van der Waals surface area contributed by atoms with Gasteiger partial charge in [-0.2, -0.15) is 13.9 Å². The Kier molecular flexibility index (Phi) is 4.55. The second-order valence-corrected chi connectivity index (χ2v) is 4.36. The Labute approximate surface area is 116 Å². The maximum Gasteiger partial charge on any atom is 0.387 e. The van der Waals surface area contributed by atoms with Gasteiger partial charge in [0.1, 0.15) is 5.75 Å². The first-order valence-electron chi connectivity index (χ1n) is 6.39. The van der Waals surface area contributed by atoms with Crippen molar-refractivity contribution in [2.45, 2.75) is 26.5 Å². The van der Waals surface area contributed by atoms with Crippen molar-refractivity contribution < 1.29 is 13.5 Å². The molecule has 0 saturated carbocycles. The van der Waals surface area contributed by atoms with E-state index in [2.05, 4.69) is 22.1 Å². The highest BCUT2D eigenvalue weighted by molar-refractivity contribution is 5.46. The molecule has 1 aromatic heterocycles. The highest BCUT2D eigenvalue weighted by Crippen LogP contribution is 2.18. The Morgan fingerprint density at radius 2 is 2.00 bits per heavy atom. The number of ether oxygens (including phenoxy) is 1. The number of aromatic nitrogens is 2. The van der Waals surface area contributed by atoms with Gasteiger partial charge in [-0.05, 0) is 36.8 Å². The SMILES string of the molecule is CCc1cc(CNc2ccc(OC(F)F)cc2)n(C)n1. The normalized spacial score (nSPS) is 10.8. The lowest BCUT2D eigenvalue weighted by Crippen LogP contribution is -2.05. The van der Waals surface area contributed by atoms with Crippen LogP contribution < -0.4 is 10.1 Å². The number of nitrogens with zero attached hydrogens (tertiary/aromatic N) is 2. The van der Waals surface area contributed by atoms with E-state index in [1.807, 2.05) is 17.8 Å². The second-order valence-electron chi connectivity index (χ2n) is 4.36. The predicted molar refractivity (Wildman–Crippen MR) is 73.0 cm³/mol. The molecular formula is C14H17F2N3O. The van der Waals surface area contributed by atoms with E-state index in [9.17, 15) is 8.78 Å². The molecule has 1 aromatic carbocycles. The molecule has 0 radical (unpaired) electrons. The van der Waals surface area contributed by atoms with Crippen LogP contribution in [0.5, 0.6) is 5.75 Å². The van der Waals surface area contributed by atoms with Gasteiger partial charge in [-0.3, -0.25) is 4.68 Å². The molecule has 6 heteroatoms. The van der Waals surface area contributed by atoms with E-state index in [0.29, 0.717) is 6.54 Å². The van der Waals surface area contributed by atoms with E-state index >= 15 is 0 Å². The van der Waals surface area contributed by atoms with Crippen molar-refractivity contribution in [3.63, 3.8) is 0 Å². The number of hydrogen-bond donors (Lipinski definition) is 1. The highest BCUT2D eigenvalue weighted by Gasteiger charge is 2.05. The third-order valence-corrected chi connectivity index (χ3v) is 2.94. The van der Waals surface area contributed by atoms with Crippen molar-refractivity contribution in [1.82, 2.24) is 9.78 Å². The first kappa shape index (κ1) is 14.3. The number of halogens is 2. The number of hydrogen-bond acceptors (Lipinski definition) is 3. The van der Waals surface area contributed by atoms with Gasteiger partial charge < -0.3 is 10.1 Å². The van der Waals surface area contributed by atoms with Crippen LogP contribution in [-0.4, -0.2) is 16.4 Å². The zero-order valence-electron chi connectivity index (χ0n) is 11.4. The third kappa shape index (κ3) is 3.69. The van der Waals surface area contributed by atoms with Crippen molar-refractivity contribution in [1.29, 1.82) is 0 Å². The molecule has 0 bridgehead atoms. The Bertz CT molecular complexity index is 552.